The molecule has 1 aliphatic heterocycles. The third kappa shape index (κ3) is 4.01. The van der Waals surface area contributed by atoms with Crippen LogP contribution in [-0.4, -0.2) is 32.2 Å². The van der Waals surface area contributed by atoms with E-state index in [-0.39, 0.29) is 5.91 Å². The van der Waals surface area contributed by atoms with Crippen molar-refractivity contribution in [3.05, 3.63) is 84.4 Å². The Bertz CT molecular complexity index is 901. The normalized spacial score (nSPS) is 14.0. The summed E-state index contributed by atoms with van der Waals surface area (Å²) in [5.41, 5.74) is 4.75. The average molecular weight is 358 g/mol. The summed E-state index contributed by atoms with van der Waals surface area (Å²) in [6.07, 6.45) is 0. The monoisotopic (exact) mass is 358 g/mol. The fraction of sp³-hybridized carbons (Fsp3) is 0.174. The molecular weight excluding hydrogens is 336 g/mol. The molecule has 0 aliphatic carbocycles. The quantitative estimate of drug-likeness (QED) is 0.749. The van der Waals surface area contributed by atoms with Gasteiger partial charge >= 0.3 is 0 Å². The molecule has 3 aromatic rings. The number of nitrogens with one attached hydrogen (secondary N) is 1. The molecule has 0 atom stereocenters. The maximum Gasteiger partial charge on any atom is 0.255 e. The van der Waals surface area contributed by atoms with Gasteiger partial charge in [0.15, 0.2) is 0 Å². The number of ether oxygens (including phenoxy) is 1. The number of carbonyl (C=O) groups excluding carboxylic acids is 1. The van der Waals surface area contributed by atoms with Crippen LogP contribution >= 0.6 is 0 Å². The second kappa shape index (κ2) is 8.06. The summed E-state index contributed by atoms with van der Waals surface area (Å²) in [4.78, 5) is 15.0. The van der Waals surface area contributed by atoms with E-state index in [0.29, 0.717) is 18.8 Å². The summed E-state index contributed by atoms with van der Waals surface area (Å²) < 4.78 is 5.43. The van der Waals surface area contributed by atoms with Gasteiger partial charge in [-0.1, -0.05) is 54.6 Å². The molecule has 1 N–H and O–H groups in total. The Morgan fingerprint density at radius 3 is 2.15 bits per heavy atom. The van der Waals surface area contributed by atoms with Crippen LogP contribution in [0, 0.1) is 0 Å². The van der Waals surface area contributed by atoms with Crippen molar-refractivity contribution in [2.45, 2.75) is 0 Å². The van der Waals surface area contributed by atoms with Crippen molar-refractivity contribution >= 4 is 17.3 Å². The van der Waals surface area contributed by atoms with E-state index in [9.17, 15) is 4.79 Å². The molecule has 0 radical (unpaired) electrons. The Labute approximate surface area is 159 Å². The van der Waals surface area contributed by atoms with Gasteiger partial charge in [-0.15, -0.1) is 0 Å². The van der Waals surface area contributed by atoms with Gasteiger partial charge in [0.1, 0.15) is 0 Å². The lowest BCUT2D eigenvalue weighted by Gasteiger charge is -2.30. The highest BCUT2D eigenvalue weighted by Gasteiger charge is 2.16. The molecule has 0 bridgehead atoms. The van der Waals surface area contributed by atoms with Gasteiger partial charge < -0.3 is 15.0 Å². The van der Waals surface area contributed by atoms with E-state index in [1.165, 1.54) is 0 Å². The van der Waals surface area contributed by atoms with Gasteiger partial charge in [-0.2, -0.15) is 0 Å². The number of benzene rings is 3. The zero-order valence-electron chi connectivity index (χ0n) is 15.1. The molecule has 136 valence electrons. The van der Waals surface area contributed by atoms with Crippen LogP contribution < -0.4 is 10.2 Å². The minimum atomic E-state index is -0.102. The molecule has 1 aliphatic rings. The summed E-state index contributed by atoms with van der Waals surface area (Å²) >= 11 is 0. The van der Waals surface area contributed by atoms with Gasteiger partial charge in [0.25, 0.3) is 5.91 Å². The molecular formula is C23H22N2O2. The first-order valence-electron chi connectivity index (χ1n) is 9.20. The number of para-hydroxylation sites is 2. The van der Waals surface area contributed by atoms with E-state index in [1.807, 2.05) is 66.7 Å². The molecule has 27 heavy (non-hydrogen) atoms. The SMILES string of the molecule is O=C(Nc1ccccc1N1CCOCC1)c1ccc(-c2ccccc2)cc1. The van der Waals surface area contributed by atoms with Crippen LogP contribution in [0.15, 0.2) is 78.9 Å². The molecule has 3 aromatic carbocycles. The highest BCUT2D eigenvalue weighted by molar-refractivity contribution is 6.06. The molecule has 1 fully saturated rings. The predicted molar refractivity (Wildman–Crippen MR) is 109 cm³/mol. The first-order valence-corrected chi connectivity index (χ1v) is 9.20. The first kappa shape index (κ1) is 17.3. The van der Waals surface area contributed by atoms with Crippen molar-refractivity contribution in [3.8, 4) is 11.1 Å². The van der Waals surface area contributed by atoms with Crippen molar-refractivity contribution in [1.82, 2.24) is 0 Å². The fourth-order valence-corrected chi connectivity index (χ4v) is 3.30. The van der Waals surface area contributed by atoms with E-state index >= 15 is 0 Å². The number of nitrogens with zero attached hydrogens (tertiary/aromatic N) is 1. The number of morpholine rings is 1. The molecule has 1 heterocycles. The number of rotatable bonds is 4. The molecule has 1 saturated heterocycles. The van der Waals surface area contributed by atoms with Crippen molar-refractivity contribution < 1.29 is 9.53 Å². The molecule has 0 saturated carbocycles. The molecule has 4 heteroatoms. The van der Waals surface area contributed by atoms with Crippen molar-refractivity contribution in [2.75, 3.05) is 36.5 Å². The lowest BCUT2D eigenvalue weighted by Crippen LogP contribution is -2.36. The van der Waals surface area contributed by atoms with Crippen molar-refractivity contribution in [3.63, 3.8) is 0 Å². The Balaban J connectivity index is 1.51. The third-order valence-electron chi connectivity index (χ3n) is 4.76. The summed E-state index contributed by atoms with van der Waals surface area (Å²) in [6, 6.07) is 25.8. The van der Waals surface area contributed by atoms with Crippen LogP contribution in [0.2, 0.25) is 0 Å². The molecule has 0 aromatic heterocycles. The van der Waals surface area contributed by atoms with Crippen LogP contribution in [0.4, 0.5) is 11.4 Å². The van der Waals surface area contributed by atoms with Gasteiger partial charge in [-0.05, 0) is 35.4 Å². The van der Waals surface area contributed by atoms with Crippen LogP contribution in [0.5, 0.6) is 0 Å². The van der Waals surface area contributed by atoms with Crippen LogP contribution in [0.25, 0.3) is 11.1 Å². The molecule has 4 rings (SSSR count). The van der Waals surface area contributed by atoms with Crippen LogP contribution in [0.1, 0.15) is 10.4 Å². The maximum atomic E-state index is 12.7. The number of carbonyl (C=O) groups is 1. The standard InChI is InChI=1S/C23H22N2O2/c26-23(20-12-10-19(11-13-20)18-6-2-1-3-7-18)24-21-8-4-5-9-22(21)25-14-16-27-17-15-25/h1-13H,14-17H2,(H,24,26). The zero-order valence-corrected chi connectivity index (χ0v) is 15.1. The second-order valence-electron chi connectivity index (χ2n) is 6.51. The Morgan fingerprint density at radius 2 is 1.41 bits per heavy atom. The largest absolute Gasteiger partial charge is 0.378 e. The highest BCUT2D eigenvalue weighted by atomic mass is 16.5. The molecule has 0 unspecified atom stereocenters. The van der Waals surface area contributed by atoms with Gasteiger partial charge in [0.2, 0.25) is 0 Å². The number of amides is 1. The summed E-state index contributed by atoms with van der Waals surface area (Å²) in [7, 11) is 0. The molecule has 0 spiro atoms. The van der Waals surface area contributed by atoms with E-state index in [4.69, 9.17) is 4.74 Å². The van der Waals surface area contributed by atoms with Crippen molar-refractivity contribution in [1.29, 1.82) is 0 Å². The van der Waals surface area contributed by atoms with E-state index < -0.39 is 0 Å². The summed E-state index contributed by atoms with van der Waals surface area (Å²) in [5.74, 6) is -0.102. The third-order valence-corrected chi connectivity index (χ3v) is 4.76. The van der Waals surface area contributed by atoms with Crippen LogP contribution in [0.3, 0.4) is 0 Å². The fourth-order valence-electron chi connectivity index (χ4n) is 3.30. The number of hydrogen-bond acceptors (Lipinski definition) is 3. The maximum absolute atomic E-state index is 12.7. The molecule has 1 amide bonds. The summed E-state index contributed by atoms with van der Waals surface area (Å²) in [5, 5.41) is 3.06. The van der Waals surface area contributed by atoms with E-state index in [0.717, 1.165) is 35.6 Å². The minimum absolute atomic E-state index is 0.102. The van der Waals surface area contributed by atoms with Crippen LogP contribution in [-0.2, 0) is 4.74 Å². The Hall–Kier alpha value is -3.11. The zero-order chi connectivity index (χ0) is 18.5. The average Bonchev–Trinajstić information content (AvgIpc) is 2.75. The van der Waals surface area contributed by atoms with Gasteiger partial charge in [-0.25, -0.2) is 0 Å². The van der Waals surface area contributed by atoms with Gasteiger partial charge in [-0.3, -0.25) is 4.79 Å². The number of anilines is 2. The smallest absolute Gasteiger partial charge is 0.255 e. The summed E-state index contributed by atoms with van der Waals surface area (Å²) in [6.45, 7) is 3.09. The van der Waals surface area contributed by atoms with Gasteiger partial charge in [0, 0.05) is 18.7 Å². The van der Waals surface area contributed by atoms with E-state index in [2.05, 4.69) is 22.3 Å². The van der Waals surface area contributed by atoms with E-state index in [1.54, 1.807) is 0 Å². The lowest BCUT2D eigenvalue weighted by atomic mass is 10.0. The molecule has 4 nitrogen and oxygen atoms in total. The van der Waals surface area contributed by atoms with Crippen molar-refractivity contribution in [2.24, 2.45) is 0 Å². The second-order valence-corrected chi connectivity index (χ2v) is 6.51. The topological polar surface area (TPSA) is 41.6 Å². The first-order chi connectivity index (χ1) is 13.3. The number of hydrogen-bond donors (Lipinski definition) is 1. The lowest BCUT2D eigenvalue weighted by molar-refractivity contribution is 0.102. The Kier molecular flexibility index (Phi) is 5.17. The predicted octanol–water partition coefficient (Wildman–Crippen LogP) is 4.44. The highest BCUT2D eigenvalue weighted by Crippen LogP contribution is 2.27. The Morgan fingerprint density at radius 1 is 0.778 bits per heavy atom. The van der Waals surface area contributed by atoms with Gasteiger partial charge in [0.05, 0.1) is 24.6 Å². The minimum Gasteiger partial charge on any atom is -0.378 e.